The normalized spacial score (nSPS) is 12.7. The number of nitrogens with one attached hydrogen (secondary N) is 3. The van der Waals surface area contributed by atoms with E-state index in [0.29, 0.717) is 29.1 Å². The van der Waals surface area contributed by atoms with Gasteiger partial charge in [-0.25, -0.2) is 15.0 Å². The van der Waals surface area contributed by atoms with Crippen LogP contribution >= 0.6 is 0 Å². The lowest BCUT2D eigenvalue weighted by Gasteiger charge is -2.14. The van der Waals surface area contributed by atoms with Gasteiger partial charge in [0.15, 0.2) is 11.6 Å². The van der Waals surface area contributed by atoms with Crippen LogP contribution < -0.4 is 16.0 Å². The predicted octanol–water partition coefficient (Wildman–Crippen LogP) is 3.66. The van der Waals surface area contributed by atoms with Gasteiger partial charge in [-0.3, -0.25) is 4.79 Å². The van der Waals surface area contributed by atoms with Gasteiger partial charge in [0, 0.05) is 36.4 Å². The molecule has 0 radical (unpaired) electrons. The summed E-state index contributed by atoms with van der Waals surface area (Å²) in [7, 11) is 1.86. The number of carbonyl (C=O) groups is 1. The molecular formula is C25H25N9O. The van der Waals surface area contributed by atoms with Crippen LogP contribution in [0.1, 0.15) is 25.5 Å². The van der Waals surface area contributed by atoms with Gasteiger partial charge < -0.3 is 20.5 Å². The van der Waals surface area contributed by atoms with Gasteiger partial charge in [-0.15, -0.1) is 10.2 Å². The van der Waals surface area contributed by atoms with Gasteiger partial charge in [0.05, 0.1) is 11.4 Å². The van der Waals surface area contributed by atoms with E-state index in [1.54, 1.807) is 24.0 Å². The Bertz CT molecular complexity index is 1480. The average Bonchev–Trinajstić information content (AvgIpc) is 3.57. The summed E-state index contributed by atoms with van der Waals surface area (Å²) in [5, 5.41) is 18.5. The van der Waals surface area contributed by atoms with Crippen LogP contribution in [0, 0.1) is 24.7 Å². The topological polar surface area (TPSA) is 123 Å². The standard InChI is InChI=1S/C25H25N9O/c1-4-5-21(35)30-20-11-17(24-33-28-14-34(24)3)8-9-19(20)31-25-27-13-18-10-15(2)29-23(22(18)32-25)26-12-16-6-7-16/h8-11,13-14,16H,6-7,12H2,1-3H3,(H,26,29)(H,30,35)(H,27,31,32). The van der Waals surface area contributed by atoms with Gasteiger partial charge in [-0.1, -0.05) is 5.92 Å². The molecule has 0 atom stereocenters. The van der Waals surface area contributed by atoms with Crippen LogP contribution in [0.4, 0.5) is 23.1 Å². The largest absolute Gasteiger partial charge is 0.368 e. The summed E-state index contributed by atoms with van der Waals surface area (Å²) < 4.78 is 1.80. The maximum Gasteiger partial charge on any atom is 0.300 e. The van der Waals surface area contributed by atoms with E-state index in [4.69, 9.17) is 4.98 Å². The first kappa shape index (κ1) is 22.3. The molecule has 1 aliphatic carbocycles. The van der Waals surface area contributed by atoms with Gasteiger partial charge in [0.25, 0.3) is 5.91 Å². The van der Waals surface area contributed by atoms with Crippen LogP contribution in [-0.4, -0.2) is 42.2 Å². The smallest absolute Gasteiger partial charge is 0.300 e. The second-order valence-corrected chi connectivity index (χ2v) is 8.55. The maximum atomic E-state index is 12.3. The summed E-state index contributed by atoms with van der Waals surface area (Å²) in [4.78, 5) is 26.2. The summed E-state index contributed by atoms with van der Waals surface area (Å²) in [6, 6.07) is 7.51. The molecule has 176 valence electrons. The lowest BCUT2D eigenvalue weighted by Crippen LogP contribution is -2.11. The number of anilines is 4. The van der Waals surface area contributed by atoms with Crippen LogP contribution in [-0.2, 0) is 11.8 Å². The Morgan fingerprint density at radius 3 is 2.80 bits per heavy atom. The molecule has 0 unspecified atom stereocenters. The van der Waals surface area contributed by atoms with E-state index in [0.717, 1.165) is 34.5 Å². The van der Waals surface area contributed by atoms with E-state index in [1.807, 2.05) is 38.2 Å². The third-order valence-corrected chi connectivity index (χ3v) is 5.67. The molecule has 3 aromatic heterocycles. The summed E-state index contributed by atoms with van der Waals surface area (Å²) in [5.41, 5.74) is 3.58. The van der Waals surface area contributed by atoms with Crippen molar-refractivity contribution in [2.45, 2.75) is 26.7 Å². The van der Waals surface area contributed by atoms with Gasteiger partial charge in [0.1, 0.15) is 11.8 Å². The fourth-order valence-corrected chi connectivity index (χ4v) is 3.75. The Kier molecular flexibility index (Phi) is 5.97. The number of hydrogen-bond acceptors (Lipinski definition) is 8. The first-order chi connectivity index (χ1) is 17.0. The molecule has 1 aliphatic rings. The fourth-order valence-electron chi connectivity index (χ4n) is 3.75. The second kappa shape index (κ2) is 9.38. The highest BCUT2D eigenvalue weighted by Gasteiger charge is 2.21. The number of benzene rings is 1. The third-order valence-electron chi connectivity index (χ3n) is 5.67. The molecule has 1 amide bonds. The average molecular weight is 468 g/mol. The summed E-state index contributed by atoms with van der Waals surface area (Å²) in [6.45, 7) is 4.46. The minimum Gasteiger partial charge on any atom is -0.368 e. The maximum absolute atomic E-state index is 12.3. The summed E-state index contributed by atoms with van der Waals surface area (Å²) in [5.74, 6) is 7.22. The third kappa shape index (κ3) is 5.04. The van der Waals surface area contributed by atoms with Crippen molar-refractivity contribution in [3.63, 3.8) is 0 Å². The molecule has 3 heterocycles. The highest BCUT2D eigenvalue weighted by molar-refractivity contribution is 6.06. The van der Waals surface area contributed by atoms with Crippen molar-refractivity contribution in [1.29, 1.82) is 0 Å². The monoisotopic (exact) mass is 467 g/mol. The Morgan fingerprint density at radius 1 is 1.20 bits per heavy atom. The molecule has 4 aromatic rings. The molecule has 1 aromatic carbocycles. The highest BCUT2D eigenvalue weighted by Crippen LogP contribution is 2.32. The van der Waals surface area contributed by atoms with Crippen molar-refractivity contribution in [2.24, 2.45) is 13.0 Å². The molecule has 10 heteroatoms. The molecule has 0 spiro atoms. The van der Waals surface area contributed by atoms with E-state index in [2.05, 4.69) is 48.0 Å². The Balaban J connectivity index is 1.50. The zero-order chi connectivity index (χ0) is 24.4. The zero-order valence-electron chi connectivity index (χ0n) is 19.8. The first-order valence-corrected chi connectivity index (χ1v) is 11.4. The second-order valence-electron chi connectivity index (χ2n) is 8.55. The molecule has 5 rings (SSSR count). The zero-order valence-corrected chi connectivity index (χ0v) is 19.8. The van der Waals surface area contributed by atoms with Crippen molar-refractivity contribution in [3.05, 3.63) is 42.5 Å². The Hall–Kier alpha value is -4.52. The van der Waals surface area contributed by atoms with E-state index in [1.165, 1.54) is 12.8 Å². The van der Waals surface area contributed by atoms with Gasteiger partial charge in [-0.05, 0) is 62.8 Å². The van der Waals surface area contributed by atoms with Crippen molar-refractivity contribution in [3.8, 4) is 23.2 Å². The Labute approximate surface area is 202 Å². The molecule has 0 saturated heterocycles. The van der Waals surface area contributed by atoms with Crippen LogP contribution in [0.15, 0.2) is 36.8 Å². The molecule has 0 aliphatic heterocycles. The number of hydrogen-bond donors (Lipinski definition) is 3. The van der Waals surface area contributed by atoms with Crippen LogP contribution in [0.2, 0.25) is 0 Å². The molecule has 35 heavy (non-hydrogen) atoms. The first-order valence-electron chi connectivity index (χ1n) is 11.4. The molecular weight excluding hydrogens is 442 g/mol. The van der Waals surface area contributed by atoms with Gasteiger partial charge in [0.2, 0.25) is 5.95 Å². The fraction of sp³-hybridized carbons (Fsp3) is 0.280. The summed E-state index contributed by atoms with van der Waals surface area (Å²) in [6.07, 6.45) is 5.89. The quantitative estimate of drug-likeness (QED) is 0.352. The number of carbonyl (C=O) groups excluding carboxylic acids is 1. The highest BCUT2D eigenvalue weighted by atomic mass is 16.1. The lowest BCUT2D eigenvalue weighted by atomic mass is 10.1. The van der Waals surface area contributed by atoms with Gasteiger partial charge in [-0.2, -0.15) is 0 Å². The summed E-state index contributed by atoms with van der Waals surface area (Å²) >= 11 is 0. The lowest BCUT2D eigenvalue weighted by molar-refractivity contribution is -0.111. The minimum atomic E-state index is -0.420. The molecule has 1 saturated carbocycles. The molecule has 1 fully saturated rings. The molecule has 10 nitrogen and oxygen atoms in total. The number of aryl methyl sites for hydroxylation is 2. The number of amides is 1. The van der Waals surface area contributed by atoms with Crippen molar-refractivity contribution in [1.82, 2.24) is 29.7 Å². The number of aromatic nitrogens is 6. The Morgan fingerprint density at radius 2 is 2.06 bits per heavy atom. The molecule has 0 bridgehead atoms. The molecule has 3 N–H and O–H groups in total. The van der Waals surface area contributed by atoms with E-state index < -0.39 is 5.91 Å². The minimum absolute atomic E-state index is 0.390. The van der Waals surface area contributed by atoms with Crippen molar-refractivity contribution in [2.75, 3.05) is 22.5 Å². The number of nitrogens with zero attached hydrogens (tertiary/aromatic N) is 6. The van der Waals surface area contributed by atoms with Crippen molar-refractivity contribution < 1.29 is 4.79 Å². The van der Waals surface area contributed by atoms with Gasteiger partial charge >= 0.3 is 0 Å². The van der Waals surface area contributed by atoms with E-state index >= 15 is 0 Å². The van der Waals surface area contributed by atoms with E-state index in [-0.39, 0.29) is 0 Å². The number of fused-ring (bicyclic) bond motifs is 1. The SMILES string of the molecule is CC#CC(=O)Nc1cc(-c2nncn2C)ccc1Nc1ncc2cc(C)nc(NCC3CC3)c2n1. The number of pyridine rings is 1. The van der Waals surface area contributed by atoms with Crippen LogP contribution in [0.3, 0.4) is 0 Å². The number of rotatable bonds is 7. The van der Waals surface area contributed by atoms with Crippen molar-refractivity contribution >= 4 is 40.0 Å². The van der Waals surface area contributed by atoms with E-state index in [9.17, 15) is 4.79 Å². The predicted molar refractivity (Wildman–Crippen MR) is 135 cm³/mol. The van der Waals surface area contributed by atoms with Crippen LogP contribution in [0.5, 0.6) is 0 Å². The van der Waals surface area contributed by atoms with Crippen LogP contribution in [0.25, 0.3) is 22.3 Å².